The van der Waals surface area contributed by atoms with Crippen LogP contribution in [0.5, 0.6) is 0 Å². The zero-order valence-electron chi connectivity index (χ0n) is 9.83. The largest absolute Gasteiger partial charge is 0.306 e. The van der Waals surface area contributed by atoms with Gasteiger partial charge in [-0.15, -0.1) is 0 Å². The van der Waals surface area contributed by atoms with Crippen molar-refractivity contribution >= 4 is 0 Å². The summed E-state index contributed by atoms with van der Waals surface area (Å²) in [6.45, 7) is 5.49. The minimum absolute atomic E-state index is 0.0919. The minimum Gasteiger partial charge on any atom is -0.306 e. The Balaban J connectivity index is 2.66. The molecule has 0 unspecified atom stereocenters. The van der Waals surface area contributed by atoms with E-state index in [-0.39, 0.29) is 5.56 Å². The third-order valence-electron chi connectivity index (χ3n) is 2.66. The topological polar surface area (TPSA) is 63.6 Å². The van der Waals surface area contributed by atoms with Gasteiger partial charge in [0.25, 0.3) is 5.56 Å². The van der Waals surface area contributed by atoms with Gasteiger partial charge in [0.2, 0.25) is 0 Å². The predicted molar refractivity (Wildman–Crippen MR) is 61.3 cm³/mol. The molecule has 2 rings (SSSR count). The Morgan fingerprint density at radius 2 is 1.94 bits per heavy atom. The van der Waals surface area contributed by atoms with Crippen LogP contribution in [0.2, 0.25) is 0 Å². The number of hydrogen-bond acceptors (Lipinski definition) is 3. The van der Waals surface area contributed by atoms with E-state index in [0.29, 0.717) is 11.4 Å². The highest BCUT2D eigenvalue weighted by atomic mass is 16.1. The maximum atomic E-state index is 11.6. The Morgan fingerprint density at radius 1 is 1.25 bits per heavy atom. The van der Waals surface area contributed by atoms with Crippen LogP contribution in [0.15, 0.2) is 11.0 Å². The maximum absolute atomic E-state index is 11.6. The van der Waals surface area contributed by atoms with Crippen molar-refractivity contribution in [3.8, 4) is 11.4 Å². The summed E-state index contributed by atoms with van der Waals surface area (Å²) in [4.78, 5) is 18.8. The number of aryl methyl sites for hydroxylation is 3. The van der Waals surface area contributed by atoms with Gasteiger partial charge in [0.05, 0.1) is 11.3 Å². The quantitative estimate of drug-likeness (QED) is 0.779. The van der Waals surface area contributed by atoms with Crippen LogP contribution in [0, 0.1) is 20.8 Å². The lowest BCUT2D eigenvalue weighted by molar-refractivity contribution is 0.756. The first-order valence-electron chi connectivity index (χ1n) is 5.07. The lowest BCUT2D eigenvalue weighted by atomic mass is 10.2. The fraction of sp³-hybridized carbons (Fsp3) is 0.364. The van der Waals surface area contributed by atoms with Crippen molar-refractivity contribution in [2.45, 2.75) is 20.8 Å². The molecule has 0 aliphatic heterocycles. The molecule has 2 aromatic heterocycles. The van der Waals surface area contributed by atoms with Crippen LogP contribution >= 0.6 is 0 Å². The summed E-state index contributed by atoms with van der Waals surface area (Å²) in [6, 6.07) is 0. The number of nitrogens with one attached hydrogen (secondary N) is 1. The number of hydrogen-bond donors (Lipinski definition) is 1. The Bertz CT molecular complexity index is 595. The smallest absolute Gasteiger partial charge is 0.254 e. The second-order valence-corrected chi connectivity index (χ2v) is 3.93. The first-order chi connectivity index (χ1) is 7.49. The van der Waals surface area contributed by atoms with Gasteiger partial charge in [-0.05, 0) is 20.8 Å². The summed E-state index contributed by atoms with van der Waals surface area (Å²) in [6.07, 6.45) is 1.85. The van der Waals surface area contributed by atoms with Gasteiger partial charge >= 0.3 is 0 Å². The molecule has 0 aromatic carbocycles. The van der Waals surface area contributed by atoms with Crippen molar-refractivity contribution in [3.63, 3.8) is 0 Å². The van der Waals surface area contributed by atoms with Gasteiger partial charge in [0.1, 0.15) is 5.82 Å². The zero-order chi connectivity index (χ0) is 11.9. The fourth-order valence-corrected chi connectivity index (χ4v) is 1.60. The van der Waals surface area contributed by atoms with Gasteiger partial charge in [0, 0.05) is 24.5 Å². The van der Waals surface area contributed by atoms with E-state index in [2.05, 4.69) is 15.1 Å². The molecule has 2 aromatic rings. The van der Waals surface area contributed by atoms with Gasteiger partial charge < -0.3 is 4.98 Å². The van der Waals surface area contributed by atoms with E-state index in [9.17, 15) is 4.79 Å². The zero-order valence-corrected chi connectivity index (χ0v) is 9.83. The normalized spacial score (nSPS) is 10.8. The molecule has 1 N–H and O–H groups in total. The van der Waals surface area contributed by atoms with Crippen LogP contribution in [-0.4, -0.2) is 19.7 Å². The molecule has 0 bridgehead atoms. The minimum atomic E-state index is -0.0919. The molecule has 0 fully saturated rings. The highest BCUT2D eigenvalue weighted by Crippen LogP contribution is 2.17. The first-order valence-corrected chi connectivity index (χ1v) is 5.07. The van der Waals surface area contributed by atoms with Gasteiger partial charge in [-0.25, -0.2) is 4.98 Å². The number of aromatic amines is 1. The van der Waals surface area contributed by atoms with E-state index < -0.39 is 0 Å². The SMILES string of the molecule is Cc1nn(C)cc1-c1nc(C)c(C)c(=O)[nH]1. The second-order valence-electron chi connectivity index (χ2n) is 3.93. The van der Waals surface area contributed by atoms with Crippen molar-refractivity contribution in [3.05, 3.63) is 33.5 Å². The van der Waals surface area contributed by atoms with E-state index in [1.807, 2.05) is 27.1 Å². The fourth-order valence-electron chi connectivity index (χ4n) is 1.60. The molecule has 16 heavy (non-hydrogen) atoms. The Kier molecular flexibility index (Phi) is 2.38. The summed E-state index contributed by atoms with van der Waals surface area (Å²) < 4.78 is 1.71. The van der Waals surface area contributed by atoms with Gasteiger partial charge in [-0.1, -0.05) is 0 Å². The average molecular weight is 218 g/mol. The highest BCUT2D eigenvalue weighted by Gasteiger charge is 2.10. The van der Waals surface area contributed by atoms with Gasteiger partial charge in [-0.3, -0.25) is 9.48 Å². The van der Waals surface area contributed by atoms with E-state index >= 15 is 0 Å². The number of nitrogens with zero attached hydrogens (tertiary/aromatic N) is 3. The number of H-pyrrole nitrogens is 1. The Labute approximate surface area is 93.2 Å². The molecule has 84 valence electrons. The molecule has 0 saturated carbocycles. The molecular weight excluding hydrogens is 204 g/mol. The summed E-state index contributed by atoms with van der Waals surface area (Å²) >= 11 is 0. The molecule has 5 heteroatoms. The molecule has 0 amide bonds. The molecular formula is C11H14N4O. The Hall–Kier alpha value is -1.91. The van der Waals surface area contributed by atoms with Crippen molar-refractivity contribution in [1.29, 1.82) is 0 Å². The molecule has 0 radical (unpaired) electrons. The van der Waals surface area contributed by atoms with Crippen LogP contribution in [0.3, 0.4) is 0 Å². The van der Waals surface area contributed by atoms with Crippen molar-refractivity contribution < 1.29 is 0 Å². The van der Waals surface area contributed by atoms with E-state index in [4.69, 9.17) is 0 Å². The second kappa shape index (κ2) is 3.59. The molecule has 0 aliphatic carbocycles. The summed E-state index contributed by atoms with van der Waals surface area (Å²) in [7, 11) is 1.84. The number of aromatic nitrogens is 4. The van der Waals surface area contributed by atoms with E-state index in [0.717, 1.165) is 17.0 Å². The lowest BCUT2D eigenvalue weighted by Crippen LogP contribution is -2.14. The van der Waals surface area contributed by atoms with Gasteiger partial charge in [0.15, 0.2) is 0 Å². The molecule has 0 saturated heterocycles. The van der Waals surface area contributed by atoms with E-state index in [1.165, 1.54) is 0 Å². The van der Waals surface area contributed by atoms with Crippen molar-refractivity contribution in [2.75, 3.05) is 0 Å². The Morgan fingerprint density at radius 3 is 2.44 bits per heavy atom. The van der Waals surface area contributed by atoms with Crippen LogP contribution < -0.4 is 5.56 Å². The molecule has 2 heterocycles. The van der Waals surface area contributed by atoms with Crippen LogP contribution in [-0.2, 0) is 7.05 Å². The third kappa shape index (κ3) is 1.64. The summed E-state index contributed by atoms with van der Waals surface area (Å²) in [5.41, 5.74) is 3.04. The molecule has 5 nitrogen and oxygen atoms in total. The highest BCUT2D eigenvalue weighted by molar-refractivity contribution is 5.56. The maximum Gasteiger partial charge on any atom is 0.254 e. The van der Waals surface area contributed by atoms with Crippen molar-refractivity contribution in [2.24, 2.45) is 7.05 Å². The third-order valence-corrected chi connectivity index (χ3v) is 2.66. The number of rotatable bonds is 1. The van der Waals surface area contributed by atoms with Crippen LogP contribution in [0.1, 0.15) is 17.0 Å². The van der Waals surface area contributed by atoms with Crippen LogP contribution in [0.4, 0.5) is 0 Å². The molecule has 0 spiro atoms. The summed E-state index contributed by atoms with van der Waals surface area (Å²) in [5.74, 6) is 0.582. The predicted octanol–water partition coefficient (Wildman–Crippen LogP) is 1.10. The molecule has 0 aliphatic rings. The average Bonchev–Trinajstić information content (AvgIpc) is 2.53. The van der Waals surface area contributed by atoms with E-state index in [1.54, 1.807) is 11.6 Å². The monoisotopic (exact) mass is 218 g/mol. The first kappa shape index (κ1) is 10.6. The molecule has 0 atom stereocenters. The standard InChI is InChI=1S/C11H14N4O/c1-6-7(2)12-10(13-11(6)16)9-5-15(4)14-8(9)3/h5H,1-4H3,(H,12,13,16). The summed E-state index contributed by atoms with van der Waals surface area (Å²) in [5, 5.41) is 4.22. The van der Waals surface area contributed by atoms with Crippen molar-refractivity contribution in [1.82, 2.24) is 19.7 Å². The van der Waals surface area contributed by atoms with Gasteiger partial charge in [-0.2, -0.15) is 5.10 Å². The van der Waals surface area contributed by atoms with Crippen LogP contribution in [0.25, 0.3) is 11.4 Å². The lowest BCUT2D eigenvalue weighted by Gasteiger charge is -2.02.